The lowest BCUT2D eigenvalue weighted by molar-refractivity contribution is 0.0750. The Hall–Kier alpha value is -2.71. The highest BCUT2D eigenvalue weighted by Crippen LogP contribution is 2.25. The highest BCUT2D eigenvalue weighted by molar-refractivity contribution is 7.86. The number of carbonyl (C=O) groups is 1. The third-order valence-corrected chi connectivity index (χ3v) is 5.36. The maximum absolute atomic E-state index is 12.2. The van der Waals surface area contributed by atoms with E-state index in [9.17, 15) is 13.2 Å². The lowest BCUT2D eigenvalue weighted by atomic mass is 9.92. The monoisotopic (exact) mass is 399 g/mol. The molecule has 0 radical (unpaired) electrons. The zero-order chi connectivity index (χ0) is 19.7. The predicted octanol–water partition coefficient (Wildman–Crippen LogP) is 2.61. The van der Waals surface area contributed by atoms with Gasteiger partial charge in [0.25, 0.3) is 0 Å². The summed E-state index contributed by atoms with van der Waals surface area (Å²) in [5.74, 6) is -0.407. The van der Waals surface area contributed by atoms with Crippen molar-refractivity contribution in [3.63, 3.8) is 0 Å². The van der Waals surface area contributed by atoms with Gasteiger partial charge in [0.15, 0.2) is 0 Å². The van der Waals surface area contributed by atoms with Gasteiger partial charge < -0.3 is 9.50 Å². The summed E-state index contributed by atoms with van der Waals surface area (Å²) >= 11 is 0. The molecule has 1 aliphatic heterocycles. The molecule has 3 aromatic rings. The molecule has 1 atom stereocenters. The number of rotatable bonds is 4. The minimum Gasteiger partial charge on any atom is -0.341 e. The number of hydrogen-bond acceptors (Lipinski definition) is 6. The Morgan fingerprint density at radius 2 is 2.00 bits per heavy atom. The van der Waals surface area contributed by atoms with Crippen molar-refractivity contribution in [2.24, 2.45) is 0 Å². The first-order chi connectivity index (χ1) is 13.4. The van der Waals surface area contributed by atoms with Crippen molar-refractivity contribution in [2.45, 2.75) is 18.8 Å². The molecule has 1 saturated heterocycles. The maximum atomic E-state index is 12.2. The van der Waals surface area contributed by atoms with Crippen LogP contribution >= 0.6 is 0 Å². The molecule has 2 heterocycles. The Morgan fingerprint density at radius 1 is 1.21 bits per heavy atom. The molecule has 1 aliphatic rings. The molecule has 0 aliphatic carbocycles. The van der Waals surface area contributed by atoms with Gasteiger partial charge >= 0.3 is 16.1 Å². The summed E-state index contributed by atoms with van der Waals surface area (Å²) < 4.78 is 28.7. The van der Waals surface area contributed by atoms with Crippen LogP contribution in [-0.2, 0) is 14.3 Å². The molecular formula is C20H21N3O4S. The van der Waals surface area contributed by atoms with Crippen molar-refractivity contribution in [3.05, 3.63) is 59.8 Å². The molecule has 2 aromatic carbocycles. The number of benzene rings is 2. The van der Waals surface area contributed by atoms with Gasteiger partial charge in [-0.1, -0.05) is 24.3 Å². The summed E-state index contributed by atoms with van der Waals surface area (Å²) in [6.07, 6.45) is 5.02. The van der Waals surface area contributed by atoms with E-state index in [-0.39, 0.29) is 5.56 Å². The van der Waals surface area contributed by atoms with Crippen LogP contribution in [0.4, 0.5) is 0 Å². The minimum atomic E-state index is -3.89. The first-order valence-electron chi connectivity index (χ1n) is 9.14. The average molecular weight is 399 g/mol. The summed E-state index contributed by atoms with van der Waals surface area (Å²) in [6.45, 7) is 2.08. The van der Waals surface area contributed by atoms with Crippen molar-refractivity contribution in [1.82, 2.24) is 15.1 Å². The molecule has 1 fully saturated rings. The van der Waals surface area contributed by atoms with Crippen molar-refractivity contribution < 1.29 is 17.4 Å². The molecule has 8 heteroatoms. The quantitative estimate of drug-likeness (QED) is 0.678. The molecule has 7 nitrogen and oxygen atoms in total. The van der Waals surface area contributed by atoms with Crippen LogP contribution in [0.2, 0.25) is 0 Å². The first kappa shape index (κ1) is 18.6. The normalized spacial score (nSPS) is 17.5. The zero-order valence-electron chi connectivity index (χ0n) is 15.5. The molecule has 0 amide bonds. The van der Waals surface area contributed by atoms with Gasteiger partial charge in [-0.25, -0.2) is 9.48 Å². The van der Waals surface area contributed by atoms with Gasteiger partial charge in [-0.05, 0) is 49.1 Å². The summed E-state index contributed by atoms with van der Waals surface area (Å²) in [6, 6.07) is 13.2. The molecule has 0 bridgehead atoms. The summed E-state index contributed by atoms with van der Waals surface area (Å²) in [7, 11) is -3.89. The first-order valence-corrected chi connectivity index (χ1v) is 11.0. The third-order valence-electron chi connectivity index (χ3n) is 4.91. The molecule has 0 saturated carbocycles. The number of nitrogens with one attached hydrogen (secondary N) is 1. The van der Waals surface area contributed by atoms with E-state index in [0.29, 0.717) is 11.4 Å². The third kappa shape index (κ3) is 3.93. The summed E-state index contributed by atoms with van der Waals surface area (Å²) in [5.41, 5.74) is 2.68. The lowest BCUT2D eigenvalue weighted by Gasteiger charge is -2.23. The van der Waals surface area contributed by atoms with Crippen LogP contribution in [0, 0.1) is 0 Å². The summed E-state index contributed by atoms with van der Waals surface area (Å²) in [4.78, 5) is 12.2. The molecule has 0 unspecified atom stereocenters. The maximum Gasteiger partial charge on any atom is 0.356 e. The minimum absolute atomic E-state index is 0.117. The van der Waals surface area contributed by atoms with E-state index in [1.807, 2.05) is 24.4 Å². The second-order valence-electron chi connectivity index (χ2n) is 7.03. The Morgan fingerprint density at radius 3 is 2.68 bits per heavy atom. The highest BCUT2D eigenvalue weighted by Gasteiger charge is 2.19. The Balaban J connectivity index is 1.64. The Labute approximate surface area is 163 Å². The zero-order valence-corrected chi connectivity index (χ0v) is 16.3. The average Bonchev–Trinajstić information content (AvgIpc) is 3.12. The molecule has 28 heavy (non-hydrogen) atoms. The Kier molecular flexibility index (Phi) is 4.91. The van der Waals surface area contributed by atoms with Crippen molar-refractivity contribution >= 4 is 27.0 Å². The number of aromatic nitrogens is 2. The van der Waals surface area contributed by atoms with E-state index in [0.717, 1.165) is 30.4 Å². The number of hydrogen-bond donors (Lipinski definition) is 1. The highest BCUT2D eigenvalue weighted by atomic mass is 32.2. The molecule has 1 N–H and O–H groups in total. The van der Waals surface area contributed by atoms with Gasteiger partial charge in [0, 0.05) is 18.1 Å². The van der Waals surface area contributed by atoms with E-state index in [1.54, 1.807) is 10.7 Å². The van der Waals surface area contributed by atoms with Crippen LogP contribution in [0.25, 0.3) is 16.6 Å². The molecule has 4 rings (SSSR count). The largest absolute Gasteiger partial charge is 0.356 e. The fraction of sp³-hybridized carbons (Fsp3) is 0.300. The topological polar surface area (TPSA) is 90.3 Å². The standard InChI is InChI=1S/C20H21N3O4S/c1-28(25,26)27-20(24)18-6-2-4-16-13-23(22-19(16)18)17-9-7-14(8-10-17)15-5-3-11-21-12-15/h2,4,6-10,13,15,21H,3,5,11-12H2,1H3/t15-/m1/s1. The smallest absolute Gasteiger partial charge is 0.341 e. The van der Waals surface area contributed by atoms with Crippen LogP contribution in [0.15, 0.2) is 48.7 Å². The fourth-order valence-electron chi connectivity index (χ4n) is 3.56. The number of fused-ring (bicyclic) bond motifs is 1. The lowest BCUT2D eigenvalue weighted by Crippen LogP contribution is -2.28. The molecular weight excluding hydrogens is 378 g/mol. The van der Waals surface area contributed by atoms with E-state index < -0.39 is 16.1 Å². The van der Waals surface area contributed by atoms with Crippen LogP contribution in [0.5, 0.6) is 0 Å². The van der Waals surface area contributed by atoms with Gasteiger partial charge in [-0.2, -0.15) is 13.5 Å². The Bertz CT molecular complexity index is 1110. The fourth-order valence-corrected chi connectivity index (χ4v) is 3.93. The second-order valence-corrected chi connectivity index (χ2v) is 8.60. The summed E-state index contributed by atoms with van der Waals surface area (Å²) in [5, 5.41) is 8.64. The molecule has 0 spiro atoms. The second kappa shape index (κ2) is 7.37. The van der Waals surface area contributed by atoms with Crippen molar-refractivity contribution in [3.8, 4) is 5.69 Å². The number of piperidine rings is 1. The molecule has 146 valence electrons. The number of nitrogens with zero attached hydrogens (tertiary/aromatic N) is 2. The van der Waals surface area contributed by atoms with Crippen molar-refractivity contribution in [1.29, 1.82) is 0 Å². The van der Waals surface area contributed by atoms with E-state index in [4.69, 9.17) is 0 Å². The SMILES string of the molecule is CS(=O)(=O)OC(=O)c1cccc2cn(-c3ccc([C@@H]4CCCNC4)cc3)nc12. The van der Waals surface area contributed by atoms with E-state index in [1.165, 1.54) is 24.5 Å². The number of carbonyl (C=O) groups excluding carboxylic acids is 1. The van der Waals surface area contributed by atoms with Crippen LogP contribution in [0.3, 0.4) is 0 Å². The van der Waals surface area contributed by atoms with Gasteiger partial charge in [-0.15, -0.1) is 0 Å². The van der Waals surface area contributed by atoms with Crippen molar-refractivity contribution in [2.75, 3.05) is 19.3 Å². The van der Waals surface area contributed by atoms with E-state index >= 15 is 0 Å². The van der Waals surface area contributed by atoms with Gasteiger partial charge in [0.1, 0.15) is 5.52 Å². The van der Waals surface area contributed by atoms with Gasteiger partial charge in [0.05, 0.1) is 17.5 Å². The van der Waals surface area contributed by atoms with Gasteiger partial charge in [-0.3, -0.25) is 0 Å². The predicted molar refractivity (Wildman–Crippen MR) is 106 cm³/mol. The van der Waals surface area contributed by atoms with Crippen LogP contribution in [0.1, 0.15) is 34.7 Å². The molecule has 1 aromatic heterocycles. The van der Waals surface area contributed by atoms with Crippen LogP contribution < -0.4 is 5.32 Å². The van der Waals surface area contributed by atoms with Gasteiger partial charge in [0.2, 0.25) is 0 Å². The van der Waals surface area contributed by atoms with Crippen LogP contribution in [-0.4, -0.2) is 43.5 Å². The van der Waals surface area contributed by atoms with E-state index in [2.05, 4.69) is 26.7 Å².